The number of esters is 2. The molecule has 85 heavy (non-hydrogen) atoms. The summed E-state index contributed by atoms with van der Waals surface area (Å²) in [6.45, 7) is 7.38. The van der Waals surface area contributed by atoms with Gasteiger partial charge in [-0.25, -0.2) is 28.3 Å². The van der Waals surface area contributed by atoms with E-state index in [-0.39, 0.29) is 49.4 Å². The number of aromatic amines is 1. The molecule has 2 atom stereocenters. The maximum absolute atomic E-state index is 13.5. The topological polar surface area (TPSA) is 250 Å². The summed E-state index contributed by atoms with van der Waals surface area (Å²) in [6.07, 6.45) is 0.632. The Morgan fingerprint density at radius 3 is 1.36 bits per heavy atom. The Labute approximate surface area is 506 Å². The van der Waals surface area contributed by atoms with E-state index in [9.17, 15) is 47.9 Å². The lowest BCUT2D eigenvalue weighted by atomic mass is 10.0. The standard InChI is InChI=1S/C31H30Cl2N4O6.C30H28Cl2N4O6/c1-18(2)43-30(41)25(34-28(39)27-23(32)6-5-7-24(27)33)15-19-8-11-21(12-9-19)37-29(40)22-14-20(16-35(3)17-38)10-13-26(22)36(4)31(37)42;1-17(2)42-29(40)25(33-27(38)26-22(31)5-4-6-23(26)32)14-18-7-10-20(11-8-18)36-28(39)21-13-19(15-35(3)16-37)9-12-24(21)34-30(36)41/h5-14,17-18,25H,15-16H2,1-4H3,(H,34,39);4-13,16-17,25H,14-15H2,1-3H3,(H,33,38)(H,34,41)/t2*25-/m00/s1. The summed E-state index contributed by atoms with van der Waals surface area (Å²) >= 11 is 24.7. The molecule has 0 radical (unpaired) electrons. The molecule has 24 heteroatoms. The van der Waals surface area contributed by atoms with Crippen molar-refractivity contribution in [1.82, 2.24) is 39.1 Å². The molecule has 0 unspecified atom stereocenters. The first kappa shape index (κ1) is 63.8. The molecular weight excluding hydrogens is 1180 g/mol. The lowest BCUT2D eigenvalue weighted by Crippen LogP contribution is -2.44. The van der Waals surface area contributed by atoms with Crippen LogP contribution in [0.25, 0.3) is 33.2 Å². The van der Waals surface area contributed by atoms with Crippen LogP contribution in [0.4, 0.5) is 0 Å². The molecule has 0 aliphatic rings. The highest BCUT2D eigenvalue weighted by atomic mass is 35.5. The number of halogens is 4. The smallest absolute Gasteiger partial charge is 0.335 e. The molecule has 0 bridgehead atoms. The molecule has 0 saturated carbocycles. The van der Waals surface area contributed by atoms with E-state index >= 15 is 0 Å². The minimum absolute atomic E-state index is 0.0365. The van der Waals surface area contributed by atoms with E-state index < -0.39 is 70.5 Å². The van der Waals surface area contributed by atoms with Crippen molar-refractivity contribution in [1.29, 1.82) is 0 Å². The normalized spacial score (nSPS) is 11.8. The van der Waals surface area contributed by atoms with Crippen molar-refractivity contribution in [3.63, 3.8) is 0 Å². The summed E-state index contributed by atoms with van der Waals surface area (Å²) < 4.78 is 14.2. The molecule has 4 amide bonds. The van der Waals surface area contributed by atoms with Crippen molar-refractivity contribution < 1.29 is 38.2 Å². The molecule has 0 fully saturated rings. The minimum atomic E-state index is -1.08. The highest BCUT2D eigenvalue weighted by Crippen LogP contribution is 2.26. The number of fused-ring (bicyclic) bond motifs is 2. The Hall–Kier alpha value is -8.82. The fourth-order valence-corrected chi connectivity index (χ4v) is 10.2. The molecule has 6 aromatic carbocycles. The molecule has 0 aliphatic carbocycles. The molecule has 2 heterocycles. The largest absolute Gasteiger partial charge is 0.461 e. The van der Waals surface area contributed by atoms with Crippen molar-refractivity contribution >= 4 is 105 Å². The minimum Gasteiger partial charge on any atom is -0.461 e. The van der Waals surface area contributed by atoms with Crippen LogP contribution in [0.2, 0.25) is 20.1 Å². The second-order valence-electron chi connectivity index (χ2n) is 20.3. The second-order valence-corrected chi connectivity index (χ2v) is 21.9. The first-order valence-corrected chi connectivity index (χ1v) is 27.8. The van der Waals surface area contributed by atoms with Gasteiger partial charge in [-0.3, -0.25) is 33.3 Å². The lowest BCUT2D eigenvalue weighted by Gasteiger charge is -2.20. The highest BCUT2D eigenvalue weighted by molar-refractivity contribution is 6.40. The Morgan fingerprint density at radius 2 is 0.941 bits per heavy atom. The number of rotatable bonds is 20. The lowest BCUT2D eigenvalue weighted by molar-refractivity contribution is -0.150. The summed E-state index contributed by atoms with van der Waals surface area (Å²) in [4.78, 5) is 132. The van der Waals surface area contributed by atoms with E-state index in [1.54, 1.807) is 146 Å². The monoisotopic (exact) mass is 1230 g/mol. The Morgan fingerprint density at radius 1 is 0.553 bits per heavy atom. The number of benzene rings is 6. The van der Waals surface area contributed by atoms with E-state index in [0.29, 0.717) is 64.8 Å². The predicted octanol–water partition coefficient (Wildman–Crippen LogP) is 7.74. The van der Waals surface area contributed by atoms with Gasteiger partial charge in [0.2, 0.25) is 12.8 Å². The Bertz CT molecular complexity index is 4070. The van der Waals surface area contributed by atoms with Crippen LogP contribution in [0.15, 0.2) is 141 Å². The quantitative estimate of drug-likeness (QED) is 0.0490. The average Bonchev–Trinajstić information content (AvgIpc) is 1.87. The number of amides is 4. The molecule has 2 aromatic heterocycles. The first-order valence-electron chi connectivity index (χ1n) is 26.3. The molecular formula is C61H58Cl4N8O12. The number of H-pyrrole nitrogens is 1. The van der Waals surface area contributed by atoms with Crippen LogP contribution < -0.4 is 33.1 Å². The fraction of sp³-hybridized carbons (Fsp3) is 0.246. The Balaban J connectivity index is 0.000000244. The summed E-state index contributed by atoms with van der Waals surface area (Å²) in [6, 6.07) is 30.2. The van der Waals surface area contributed by atoms with Crippen molar-refractivity contribution in [2.45, 2.75) is 77.9 Å². The summed E-state index contributed by atoms with van der Waals surface area (Å²) in [7, 11) is 4.82. The van der Waals surface area contributed by atoms with Gasteiger partial charge in [0.15, 0.2) is 0 Å². The zero-order valence-corrected chi connectivity index (χ0v) is 50.0. The summed E-state index contributed by atoms with van der Waals surface area (Å²) in [5.74, 6) is -2.57. The van der Waals surface area contributed by atoms with Crippen molar-refractivity contribution in [2.75, 3.05) is 14.1 Å². The summed E-state index contributed by atoms with van der Waals surface area (Å²) in [5, 5.41) is 6.47. The zero-order chi connectivity index (χ0) is 62.0. The van der Waals surface area contributed by atoms with Gasteiger partial charge in [-0.05, 0) is 123 Å². The Kier molecular flexibility index (Phi) is 21.1. The van der Waals surface area contributed by atoms with Gasteiger partial charge in [0.1, 0.15) is 12.1 Å². The van der Waals surface area contributed by atoms with Gasteiger partial charge >= 0.3 is 23.3 Å². The van der Waals surface area contributed by atoms with Gasteiger partial charge in [-0.1, -0.05) is 94.9 Å². The molecule has 20 nitrogen and oxygen atoms in total. The molecule has 442 valence electrons. The maximum Gasteiger partial charge on any atom is 0.335 e. The van der Waals surface area contributed by atoms with Crippen LogP contribution in [-0.4, -0.2) is 103 Å². The van der Waals surface area contributed by atoms with Crippen LogP contribution >= 0.6 is 46.4 Å². The van der Waals surface area contributed by atoms with Crippen LogP contribution in [0.5, 0.6) is 0 Å². The van der Waals surface area contributed by atoms with E-state index in [4.69, 9.17) is 55.9 Å². The number of ether oxygens (including phenoxy) is 2. The van der Waals surface area contributed by atoms with Crippen LogP contribution in [0.1, 0.15) is 70.7 Å². The number of aromatic nitrogens is 4. The van der Waals surface area contributed by atoms with Gasteiger partial charge in [-0.2, -0.15) is 0 Å². The molecule has 8 aromatic rings. The highest BCUT2D eigenvalue weighted by Gasteiger charge is 2.28. The number of nitrogens with one attached hydrogen (secondary N) is 3. The van der Waals surface area contributed by atoms with Crippen LogP contribution in [0.3, 0.4) is 0 Å². The maximum atomic E-state index is 13.5. The molecule has 0 spiro atoms. The first-order chi connectivity index (χ1) is 40.4. The van der Waals surface area contributed by atoms with Crippen LogP contribution in [0, 0.1) is 0 Å². The number of carbonyl (C=O) groups excluding carboxylic acids is 6. The van der Waals surface area contributed by atoms with Crippen molar-refractivity contribution in [3.8, 4) is 11.4 Å². The van der Waals surface area contributed by atoms with Gasteiger partial charge in [0.05, 0.1) is 76.6 Å². The number of hydrogen-bond donors (Lipinski definition) is 3. The van der Waals surface area contributed by atoms with Gasteiger partial charge < -0.3 is 34.9 Å². The van der Waals surface area contributed by atoms with Gasteiger partial charge in [0.25, 0.3) is 22.9 Å². The molecule has 0 aliphatic heterocycles. The van der Waals surface area contributed by atoms with Crippen molar-refractivity contribution in [2.24, 2.45) is 7.05 Å². The molecule has 0 saturated heterocycles. The van der Waals surface area contributed by atoms with E-state index in [1.807, 2.05) is 0 Å². The predicted molar refractivity (Wildman–Crippen MR) is 325 cm³/mol. The average molecular weight is 1240 g/mol. The third-order valence-corrected chi connectivity index (χ3v) is 14.3. The number of hydrogen-bond acceptors (Lipinski definition) is 12. The van der Waals surface area contributed by atoms with E-state index in [0.717, 1.165) is 20.3 Å². The third-order valence-electron chi connectivity index (χ3n) is 13.1. The SMILES string of the molecule is CC(C)OC(=O)[C@H](Cc1ccc(-n2c(=O)[nH]c3ccc(CN(C)C=O)cc3c2=O)cc1)NC(=O)c1c(Cl)cccc1Cl.CC(C)OC(=O)[C@H](Cc1ccc(-n2c(=O)c3cc(CN(C)C=O)ccc3n(C)c2=O)cc1)NC(=O)c1c(Cl)cccc1Cl. The van der Waals surface area contributed by atoms with Crippen LogP contribution in [-0.2, 0) is 61.6 Å². The molecule has 3 N–H and O–H groups in total. The molecule has 8 rings (SSSR count). The van der Waals surface area contributed by atoms with Crippen molar-refractivity contribution in [3.05, 3.63) is 216 Å². The number of carbonyl (C=O) groups is 6. The van der Waals surface area contributed by atoms with Gasteiger partial charge in [-0.15, -0.1) is 0 Å². The fourth-order valence-electron chi connectivity index (χ4n) is 9.02. The van der Waals surface area contributed by atoms with Gasteiger partial charge in [0, 0.05) is 47.1 Å². The third kappa shape index (κ3) is 15.5. The number of aryl methyl sites for hydroxylation is 1. The zero-order valence-electron chi connectivity index (χ0n) is 47.0. The van der Waals surface area contributed by atoms with E-state index in [1.165, 1.54) is 38.6 Å². The second kappa shape index (κ2) is 28.2. The summed E-state index contributed by atoms with van der Waals surface area (Å²) in [5.41, 5.74) is 2.04. The van der Waals surface area contributed by atoms with E-state index in [2.05, 4.69) is 15.6 Å². The number of nitrogens with zero attached hydrogens (tertiary/aromatic N) is 5.